The van der Waals surface area contributed by atoms with Gasteiger partial charge in [0, 0.05) is 32.4 Å². The Hall–Kier alpha value is -2.93. The third kappa shape index (κ3) is 4.48. The maximum Gasteiger partial charge on any atom is 0.282 e. The third-order valence-corrected chi connectivity index (χ3v) is 5.18. The van der Waals surface area contributed by atoms with Gasteiger partial charge in [-0.1, -0.05) is 24.3 Å². The molecule has 0 aliphatic carbocycles. The largest absolute Gasteiger partial charge is 0.378 e. The zero-order valence-electron chi connectivity index (χ0n) is 16.3. The van der Waals surface area contributed by atoms with Crippen LogP contribution < -0.4 is 10.2 Å². The summed E-state index contributed by atoms with van der Waals surface area (Å²) in [5, 5.41) is 14.1. The van der Waals surface area contributed by atoms with Gasteiger partial charge in [0.25, 0.3) is 11.6 Å². The summed E-state index contributed by atoms with van der Waals surface area (Å²) in [6.45, 7) is 2.38. The predicted octanol–water partition coefficient (Wildman–Crippen LogP) is 3.23. The highest BCUT2D eigenvalue weighted by Crippen LogP contribution is 2.26. The van der Waals surface area contributed by atoms with Crippen molar-refractivity contribution in [1.82, 2.24) is 10.2 Å². The van der Waals surface area contributed by atoms with E-state index in [0.29, 0.717) is 6.54 Å². The number of amides is 1. The molecule has 2 aromatic carbocycles. The van der Waals surface area contributed by atoms with Gasteiger partial charge in [0.1, 0.15) is 5.56 Å². The number of likely N-dealkylation sites (tertiary alicyclic amines) is 1. The Labute approximate surface area is 165 Å². The second-order valence-corrected chi connectivity index (χ2v) is 7.23. The molecule has 148 valence electrons. The Kier molecular flexibility index (Phi) is 6.26. The third-order valence-electron chi connectivity index (χ3n) is 5.18. The molecule has 3 rings (SSSR count). The van der Waals surface area contributed by atoms with Crippen molar-refractivity contribution < 1.29 is 9.72 Å². The van der Waals surface area contributed by atoms with Crippen molar-refractivity contribution in [3.8, 4) is 0 Å². The number of nitro groups is 1. The topological polar surface area (TPSA) is 78.7 Å². The second-order valence-electron chi connectivity index (χ2n) is 7.23. The van der Waals surface area contributed by atoms with Crippen LogP contribution in [0, 0.1) is 10.1 Å². The van der Waals surface area contributed by atoms with E-state index in [9.17, 15) is 14.9 Å². The van der Waals surface area contributed by atoms with Crippen molar-refractivity contribution in [1.29, 1.82) is 0 Å². The van der Waals surface area contributed by atoms with Gasteiger partial charge < -0.3 is 10.2 Å². The van der Waals surface area contributed by atoms with E-state index in [-0.39, 0.29) is 17.3 Å². The molecule has 1 amide bonds. The van der Waals surface area contributed by atoms with E-state index in [0.717, 1.165) is 37.2 Å². The second kappa shape index (κ2) is 8.84. The zero-order chi connectivity index (χ0) is 20.1. The van der Waals surface area contributed by atoms with Crippen molar-refractivity contribution in [2.24, 2.45) is 0 Å². The van der Waals surface area contributed by atoms with Crippen molar-refractivity contribution >= 4 is 17.3 Å². The molecular formula is C21H26N4O3. The smallest absolute Gasteiger partial charge is 0.282 e. The molecule has 1 aliphatic heterocycles. The number of nitrogens with one attached hydrogen (secondary N) is 1. The van der Waals surface area contributed by atoms with Crippen LogP contribution in [0.15, 0.2) is 48.5 Å². The van der Waals surface area contributed by atoms with Crippen LogP contribution in [0.2, 0.25) is 0 Å². The summed E-state index contributed by atoms with van der Waals surface area (Å²) in [6.07, 6.45) is 2.29. The Morgan fingerprint density at radius 3 is 2.39 bits per heavy atom. The van der Waals surface area contributed by atoms with Crippen molar-refractivity contribution in [2.45, 2.75) is 18.9 Å². The molecule has 7 heteroatoms. The highest BCUT2D eigenvalue weighted by Gasteiger charge is 2.25. The summed E-state index contributed by atoms with van der Waals surface area (Å²) in [5.41, 5.74) is 2.17. The zero-order valence-corrected chi connectivity index (χ0v) is 16.3. The fourth-order valence-corrected chi connectivity index (χ4v) is 3.62. The molecule has 2 aromatic rings. The average molecular weight is 382 g/mol. The molecule has 0 radical (unpaired) electrons. The van der Waals surface area contributed by atoms with E-state index in [2.05, 4.69) is 34.5 Å². The number of anilines is 1. The van der Waals surface area contributed by atoms with Crippen LogP contribution in [0.1, 0.15) is 34.8 Å². The number of carbonyl (C=O) groups excluding carboxylic acids is 1. The molecule has 28 heavy (non-hydrogen) atoms. The minimum absolute atomic E-state index is 0.0467. The molecule has 1 saturated heterocycles. The van der Waals surface area contributed by atoms with Gasteiger partial charge in [0.05, 0.1) is 11.0 Å². The van der Waals surface area contributed by atoms with Crippen molar-refractivity contribution in [3.63, 3.8) is 0 Å². The van der Waals surface area contributed by atoms with Crippen LogP contribution >= 0.6 is 0 Å². The molecule has 1 heterocycles. The molecule has 0 bridgehead atoms. The lowest BCUT2D eigenvalue weighted by Crippen LogP contribution is -2.37. The van der Waals surface area contributed by atoms with E-state index in [1.807, 2.05) is 19.0 Å². The Morgan fingerprint density at radius 2 is 1.79 bits per heavy atom. The van der Waals surface area contributed by atoms with Crippen LogP contribution in [0.3, 0.4) is 0 Å². The SMILES string of the molecule is CN(C)c1ccc([C@H](CNC(=O)c2ccccc2[N+](=O)[O-])N2CCCC2)cc1. The summed E-state index contributed by atoms with van der Waals surface area (Å²) < 4.78 is 0. The first kappa shape index (κ1) is 19.8. The minimum atomic E-state index is -0.521. The number of nitro benzene ring substituents is 1. The maximum absolute atomic E-state index is 12.6. The lowest BCUT2D eigenvalue weighted by molar-refractivity contribution is -0.385. The first-order chi connectivity index (χ1) is 13.5. The van der Waals surface area contributed by atoms with Gasteiger partial charge in [-0.2, -0.15) is 0 Å². The predicted molar refractivity (Wildman–Crippen MR) is 110 cm³/mol. The quantitative estimate of drug-likeness (QED) is 0.588. The number of hydrogen-bond acceptors (Lipinski definition) is 5. The van der Waals surface area contributed by atoms with Crippen molar-refractivity contribution in [3.05, 3.63) is 69.8 Å². The normalized spacial score (nSPS) is 15.2. The summed E-state index contributed by atoms with van der Waals surface area (Å²) >= 11 is 0. The molecule has 7 nitrogen and oxygen atoms in total. The van der Waals surface area contributed by atoms with Crippen LogP contribution in [-0.4, -0.2) is 49.5 Å². The van der Waals surface area contributed by atoms with E-state index < -0.39 is 10.8 Å². The number of benzene rings is 2. The number of nitrogens with zero attached hydrogens (tertiary/aromatic N) is 3. The lowest BCUT2D eigenvalue weighted by atomic mass is 10.0. The van der Waals surface area contributed by atoms with Gasteiger partial charge in [-0.15, -0.1) is 0 Å². The van der Waals surface area contributed by atoms with E-state index in [1.165, 1.54) is 12.1 Å². The molecule has 1 atom stereocenters. The summed E-state index contributed by atoms with van der Waals surface area (Å²) in [6, 6.07) is 14.4. The van der Waals surface area contributed by atoms with Gasteiger partial charge in [0.15, 0.2) is 0 Å². The van der Waals surface area contributed by atoms with E-state index in [1.54, 1.807) is 12.1 Å². The first-order valence-corrected chi connectivity index (χ1v) is 9.50. The number of hydrogen-bond donors (Lipinski definition) is 1. The van der Waals surface area contributed by atoms with Gasteiger partial charge in [-0.25, -0.2) is 0 Å². The van der Waals surface area contributed by atoms with Gasteiger partial charge in [0.2, 0.25) is 0 Å². The molecule has 0 saturated carbocycles. The molecule has 1 N–H and O–H groups in total. The molecular weight excluding hydrogens is 356 g/mol. The molecule has 0 unspecified atom stereocenters. The first-order valence-electron chi connectivity index (χ1n) is 9.50. The number of para-hydroxylation sites is 1. The molecule has 0 spiro atoms. The number of carbonyl (C=O) groups is 1. The minimum Gasteiger partial charge on any atom is -0.378 e. The average Bonchev–Trinajstić information content (AvgIpc) is 3.22. The van der Waals surface area contributed by atoms with Gasteiger partial charge in [-0.3, -0.25) is 19.8 Å². The van der Waals surface area contributed by atoms with Crippen molar-refractivity contribution in [2.75, 3.05) is 38.6 Å². The van der Waals surface area contributed by atoms with Crippen LogP contribution in [-0.2, 0) is 0 Å². The standard InChI is InChI=1S/C21H26N4O3/c1-23(2)17-11-9-16(10-12-17)20(24-13-5-6-14-24)15-22-21(26)18-7-3-4-8-19(18)25(27)28/h3-4,7-12,20H,5-6,13-15H2,1-2H3,(H,22,26)/t20-/m0/s1. The molecule has 0 aromatic heterocycles. The number of rotatable bonds is 7. The van der Waals surface area contributed by atoms with Crippen LogP contribution in [0.25, 0.3) is 0 Å². The van der Waals surface area contributed by atoms with Gasteiger partial charge >= 0.3 is 0 Å². The van der Waals surface area contributed by atoms with E-state index >= 15 is 0 Å². The van der Waals surface area contributed by atoms with Gasteiger partial charge in [-0.05, 0) is 49.7 Å². The fourth-order valence-electron chi connectivity index (χ4n) is 3.62. The monoisotopic (exact) mass is 382 g/mol. The summed E-state index contributed by atoms with van der Waals surface area (Å²) in [5.74, 6) is -0.415. The Balaban J connectivity index is 1.77. The lowest BCUT2D eigenvalue weighted by Gasteiger charge is -2.28. The molecule has 1 aliphatic rings. The Bertz CT molecular complexity index is 830. The van der Waals surface area contributed by atoms with Crippen LogP contribution in [0.5, 0.6) is 0 Å². The molecule has 1 fully saturated rings. The fraction of sp³-hybridized carbons (Fsp3) is 0.381. The maximum atomic E-state index is 12.6. The van der Waals surface area contributed by atoms with Crippen LogP contribution in [0.4, 0.5) is 11.4 Å². The highest BCUT2D eigenvalue weighted by molar-refractivity contribution is 5.98. The van der Waals surface area contributed by atoms with E-state index in [4.69, 9.17) is 0 Å². The summed E-state index contributed by atoms with van der Waals surface area (Å²) in [7, 11) is 4.00. The highest BCUT2D eigenvalue weighted by atomic mass is 16.6. The Morgan fingerprint density at radius 1 is 1.14 bits per heavy atom. The summed E-state index contributed by atoms with van der Waals surface area (Å²) in [4.78, 5) is 27.7.